The van der Waals surface area contributed by atoms with Crippen LogP contribution in [0.15, 0.2) is 56.8 Å². The Bertz CT molecular complexity index is 1170. The molecular formula is C23H19Br2NO3S. The summed E-state index contributed by atoms with van der Waals surface area (Å²) in [6.07, 6.45) is -0.300. The Labute approximate surface area is 195 Å². The molecule has 4 nitrogen and oxygen atoms in total. The number of aryl methyl sites for hydroxylation is 2. The van der Waals surface area contributed by atoms with Crippen LogP contribution in [0.3, 0.4) is 0 Å². The minimum Gasteiger partial charge on any atom is -0.375 e. The summed E-state index contributed by atoms with van der Waals surface area (Å²) in [5.41, 5.74) is 2.37. The summed E-state index contributed by atoms with van der Waals surface area (Å²) >= 11 is 8.08. The Morgan fingerprint density at radius 1 is 1.10 bits per heavy atom. The zero-order valence-electron chi connectivity index (χ0n) is 16.4. The summed E-state index contributed by atoms with van der Waals surface area (Å²) in [5.74, 6) is -0.735. The molecule has 0 radical (unpaired) electrons. The van der Waals surface area contributed by atoms with Gasteiger partial charge in [0.15, 0.2) is 11.4 Å². The Balaban J connectivity index is 1.74. The lowest BCUT2D eigenvalue weighted by molar-refractivity contribution is -0.136. The largest absolute Gasteiger partial charge is 0.375 e. The van der Waals surface area contributed by atoms with Gasteiger partial charge in [-0.3, -0.25) is 9.59 Å². The molecule has 1 aliphatic rings. The van der Waals surface area contributed by atoms with Crippen LogP contribution in [0.5, 0.6) is 0 Å². The van der Waals surface area contributed by atoms with Crippen molar-refractivity contribution in [2.24, 2.45) is 0 Å². The maximum absolute atomic E-state index is 13.5. The summed E-state index contributed by atoms with van der Waals surface area (Å²) < 4.78 is 1.57. The van der Waals surface area contributed by atoms with Gasteiger partial charge in [-0.25, -0.2) is 0 Å². The molecule has 1 atom stereocenters. The minimum atomic E-state index is -1.90. The van der Waals surface area contributed by atoms with Gasteiger partial charge in [0, 0.05) is 10.0 Å². The van der Waals surface area contributed by atoms with Crippen LogP contribution in [0.1, 0.15) is 38.3 Å². The fourth-order valence-electron chi connectivity index (χ4n) is 3.78. The molecule has 1 aromatic heterocycles. The molecule has 3 aromatic rings. The molecule has 0 saturated heterocycles. The van der Waals surface area contributed by atoms with Gasteiger partial charge in [0.05, 0.1) is 27.3 Å². The molecule has 0 bridgehead atoms. The number of carbonyl (C=O) groups is 2. The highest BCUT2D eigenvalue weighted by Crippen LogP contribution is 2.45. The first-order valence-electron chi connectivity index (χ1n) is 9.38. The molecule has 0 saturated carbocycles. The molecule has 4 rings (SSSR count). The lowest BCUT2D eigenvalue weighted by Gasteiger charge is -2.23. The smallest absolute Gasteiger partial charge is 0.264 e. The quantitative estimate of drug-likeness (QED) is 0.404. The van der Waals surface area contributed by atoms with Crippen molar-refractivity contribution in [3.05, 3.63) is 83.9 Å². The summed E-state index contributed by atoms with van der Waals surface area (Å²) in [4.78, 5) is 28.4. The van der Waals surface area contributed by atoms with Crippen LogP contribution in [0, 0.1) is 13.8 Å². The van der Waals surface area contributed by atoms with Crippen molar-refractivity contribution in [3.8, 4) is 0 Å². The van der Waals surface area contributed by atoms with Gasteiger partial charge < -0.3 is 10.0 Å². The molecule has 1 aliphatic heterocycles. The lowest BCUT2D eigenvalue weighted by Crippen LogP contribution is -2.41. The van der Waals surface area contributed by atoms with Gasteiger partial charge in [0.2, 0.25) is 0 Å². The molecule has 7 heteroatoms. The number of thiophene rings is 1. The number of ketones is 1. The molecule has 0 fully saturated rings. The van der Waals surface area contributed by atoms with Gasteiger partial charge in [-0.2, -0.15) is 0 Å². The van der Waals surface area contributed by atoms with Crippen molar-refractivity contribution in [2.45, 2.75) is 32.4 Å². The van der Waals surface area contributed by atoms with Crippen molar-refractivity contribution >= 4 is 60.6 Å². The number of aliphatic hydroxyl groups is 1. The number of halogens is 2. The van der Waals surface area contributed by atoms with Crippen LogP contribution >= 0.6 is 43.2 Å². The number of rotatable bonds is 5. The highest BCUT2D eigenvalue weighted by molar-refractivity contribution is 9.11. The second-order valence-electron chi connectivity index (χ2n) is 7.55. The van der Waals surface area contributed by atoms with E-state index >= 15 is 0 Å². The van der Waals surface area contributed by atoms with Gasteiger partial charge in [0.25, 0.3) is 5.91 Å². The van der Waals surface area contributed by atoms with E-state index in [-0.39, 0.29) is 12.2 Å². The van der Waals surface area contributed by atoms with E-state index in [1.165, 1.54) is 11.3 Å². The van der Waals surface area contributed by atoms with E-state index in [1.54, 1.807) is 23.1 Å². The van der Waals surface area contributed by atoms with Crippen molar-refractivity contribution in [3.63, 3.8) is 0 Å². The molecule has 0 spiro atoms. The van der Waals surface area contributed by atoms with Gasteiger partial charge in [-0.1, -0.05) is 39.7 Å². The average Bonchev–Trinajstić information content (AvgIpc) is 3.21. The van der Waals surface area contributed by atoms with Crippen LogP contribution in [-0.4, -0.2) is 16.8 Å². The van der Waals surface area contributed by atoms with E-state index in [1.807, 2.05) is 44.2 Å². The van der Waals surface area contributed by atoms with Crippen molar-refractivity contribution in [2.75, 3.05) is 4.90 Å². The van der Waals surface area contributed by atoms with Crippen molar-refractivity contribution in [1.82, 2.24) is 0 Å². The van der Waals surface area contributed by atoms with Crippen LogP contribution in [-0.2, 0) is 16.9 Å². The van der Waals surface area contributed by atoms with Crippen LogP contribution in [0.4, 0.5) is 5.69 Å². The summed E-state index contributed by atoms with van der Waals surface area (Å²) in [5, 5.41) is 11.5. The number of Topliss-reactive ketones (excluding diaryl/α,β-unsaturated/α-hetero) is 1. The highest BCUT2D eigenvalue weighted by atomic mass is 79.9. The summed E-state index contributed by atoms with van der Waals surface area (Å²) in [6, 6.07) is 15.0. The first kappa shape index (κ1) is 21.4. The Hall–Kier alpha value is -1.80. The normalized spacial score (nSPS) is 18.0. The molecule has 154 valence electrons. The van der Waals surface area contributed by atoms with E-state index < -0.39 is 11.5 Å². The molecule has 2 aromatic carbocycles. The molecule has 0 aliphatic carbocycles. The number of anilines is 1. The van der Waals surface area contributed by atoms with Crippen LogP contribution in [0.25, 0.3) is 0 Å². The fourth-order valence-corrected chi connectivity index (χ4v) is 5.46. The number of benzene rings is 2. The topological polar surface area (TPSA) is 57.6 Å². The van der Waals surface area contributed by atoms with E-state index in [2.05, 4.69) is 31.9 Å². The zero-order valence-corrected chi connectivity index (χ0v) is 20.4. The first-order valence-corrected chi connectivity index (χ1v) is 11.8. The highest BCUT2D eigenvalue weighted by Gasteiger charge is 2.51. The molecule has 30 heavy (non-hydrogen) atoms. The molecule has 1 unspecified atom stereocenters. The number of hydrogen-bond acceptors (Lipinski definition) is 4. The summed E-state index contributed by atoms with van der Waals surface area (Å²) in [6.45, 7) is 4.35. The average molecular weight is 549 g/mol. The van der Waals surface area contributed by atoms with Crippen molar-refractivity contribution < 1.29 is 14.7 Å². The van der Waals surface area contributed by atoms with Crippen LogP contribution < -0.4 is 4.90 Å². The van der Waals surface area contributed by atoms with E-state index in [0.717, 1.165) is 24.9 Å². The predicted octanol–water partition coefficient (Wildman–Crippen LogP) is 5.90. The number of nitrogens with zero attached hydrogens (tertiary/aromatic N) is 1. The Morgan fingerprint density at radius 2 is 1.87 bits per heavy atom. The van der Waals surface area contributed by atoms with Crippen LogP contribution in [0.2, 0.25) is 0 Å². The lowest BCUT2D eigenvalue weighted by atomic mass is 9.89. The molecular weight excluding hydrogens is 530 g/mol. The number of carbonyl (C=O) groups excluding carboxylic acids is 2. The fraction of sp³-hybridized carbons (Fsp3) is 0.217. The first-order chi connectivity index (χ1) is 14.2. The standard InChI is InChI=1S/C23H19Br2NO3S/c1-13-3-4-14(2)15(9-13)12-26-18-6-5-16(24)10-17(18)23(29,22(26)28)11-19(27)20-7-8-21(25)30-20/h3-10,29H,11-12H2,1-2H3. The monoisotopic (exact) mass is 547 g/mol. The van der Waals surface area contributed by atoms with E-state index in [9.17, 15) is 14.7 Å². The van der Waals surface area contributed by atoms with E-state index in [4.69, 9.17) is 0 Å². The minimum absolute atomic E-state index is 0.263. The second-order valence-corrected chi connectivity index (χ2v) is 10.9. The third-order valence-corrected chi connectivity index (χ3v) is 7.55. The van der Waals surface area contributed by atoms with Gasteiger partial charge >= 0.3 is 0 Å². The maximum Gasteiger partial charge on any atom is 0.264 e. The maximum atomic E-state index is 13.5. The number of amides is 1. The van der Waals surface area contributed by atoms with E-state index in [0.29, 0.717) is 22.7 Å². The number of hydrogen-bond donors (Lipinski definition) is 1. The van der Waals surface area contributed by atoms with Gasteiger partial charge in [0.1, 0.15) is 0 Å². The Morgan fingerprint density at radius 3 is 2.57 bits per heavy atom. The van der Waals surface area contributed by atoms with Gasteiger partial charge in [-0.15, -0.1) is 11.3 Å². The van der Waals surface area contributed by atoms with Crippen molar-refractivity contribution in [1.29, 1.82) is 0 Å². The summed E-state index contributed by atoms with van der Waals surface area (Å²) in [7, 11) is 0. The Kier molecular flexibility index (Phi) is 5.74. The third-order valence-electron chi connectivity index (χ3n) is 5.39. The zero-order chi connectivity index (χ0) is 21.6. The third kappa shape index (κ3) is 3.80. The second kappa shape index (κ2) is 8.04. The molecule has 1 amide bonds. The molecule has 2 heterocycles. The SMILES string of the molecule is Cc1ccc(C)c(CN2C(=O)C(O)(CC(=O)c3ccc(Br)s3)c3cc(Br)ccc32)c1. The number of fused-ring (bicyclic) bond motifs is 1. The molecule has 1 N–H and O–H groups in total. The van der Waals surface area contributed by atoms with Gasteiger partial charge in [-0.05, 0) is 71.2 Å². The predicted molar refractivity (Wildman–Crippen MR) is 126 cm³/mol.